The number of nitrogens with zero attached hydrogens (tertiary/aromatic N) is 3. The largest absolute Gasteiger partial charge is 0.296 e. The van der Waals surface area contributed by atoms with Crippen molar-refractivity contribution in [1.29, 1.82) is 0 Å². The lowest BCUT2D eigenvalue weighted by Gasteiger charge is -2.32. The van der Waals surface area contributed by atoms with Gasteiger partial charge in [0.05, 0.1) is 27.1 Å². The van der Waals surface area contributed by atoms with Crippen LogP contribution in [0, 0.1) is 13.8 Å². The van der Waals surface area contributed by atoms with Crippen LogP contribution < -0.4 is 5.56 Å². The van der Waals surface area contributed by atoms with E-state index in [0.29, 0.717) is 46.8 Å². The Labute approximate surface area is 174 Å². The Morgan fingerprint density at radius 2 is 1.79 bits per heavy atom. The summed E-state index contributed by atoms with van der Waals surface area (Å²) in [6.07, 6.45) is 2.63. The first kappa shape index (κ1) is 20.1. The van der Waals surface area contributed by atoms with E-state index in [0.717, 1.165) is 11.1 Å². The lowest BCUT2D eigenvalue weighted by molar-refractivity contribution is 0.269. The van der Waals surface area contributed by atoms with Crippen LogP contribution in [0.25, 0.3) is 10.9 Å². The third kappa shape index (κ3) is 3.58. The second-order valence-corrected chi connectivity index (χ2v) is 9.82. The second kappa shape index (κ2) is 7.55. The molecule has 1 aromatic heterocycles. The topological polar surface area (TPSA) is 72.3 Å². The molecule has 1 saturated heterocycles. The molecule has 8 heteroatoms. The van der Waals surface area contributed by atoms with Crippen LogP contribution in [0.2, 0.25) is 5.02 Å². The van der Waals surface area contributed by atoms with Crippen molar-refractivity contribution in [3.05, 3.63) is 69.2 Å². The fourth-order valence-electron chi connectivity index (χ4n) is 3.77. The normalized spacial score (nSPS) is 16.4. The number of hydrogen-bond acceptors (Lipinski definition) is 4. The van der Waals surface area contributed by atoms with Gasteiger partial charge in [-0.2, -0.15) is 4.31 Å². The van der Waals surface area contributed by atoms with Crippen molar-refractivity contribution < 1.29 is 8.42 Å². The van der Waals surface area contributed by atoms with Crippen LogP contribution in [0.15, 0.2) is 52.4 Å². The molecule has 4 rings (SSSR count). The summed E-state index contributed by atoms with van der Waals surface area (Å²) in [6, 6.07) is 10.3. The van der Waals surface area contributed by atoms with Crippen LogP contribution in [-0.4, -0.2) is 35.4 Å². The highest BCUT2D eigenvalue weighted by Crippen LogP contribution is 2.27. The fraction of sp³-hybridized carbons (Fsp3) is 0.333. The number of rotatable bonds is 3. The van der Waals surface area contributed by atoms with E-state index in [1.807, 2.05) is 19.9 Å². The Morgan fingerprint density at radius 3 is 2.48 bits per heavy atom. The average molecular weight is 432 g/mol. The van der Waals surface area contributed by atoms with Crippen molar-refractivity contribution in [3.63, 3.8) is 0 Å². The number of para-hydroxylation sites is 1. The Hall–Kier alpha value is -2.22. The zero-order valence-electron chi connectivity index (χ0n) is 16.3. The molecule has 1 fully saturated rings. The minimum Gasteiger partial charge on any atom is -0.296 e. The summed E-state index contributed by atoms with van der Waals surface area (Å²) in [7, 11) is -3.54. The lowest BCUT2D eigenvalue weighted by Crippen LogP contribution is -2.40. The minimum absolute atomic E-state index is 0.0930. The average Bonchev–Trinajstić information content (AvgIpc) is 2.71. The molecule has 2 heterocycles. The van der Waals surface area contributed by atoms with E-state index >= 15 is 0 Å². The molecule has 2 aromatic carbocycles. The maximum atomic E-state index is 13.0. The van der Waals surface area contributed by atoms with Gasteiger partial charge in [-0.15, -0.1) is 0 Å². The molecule has 1 aliphatic heterocycles. The Morgan fingerprint density at radius 1 is 1.07 bits per heavy atom. The van der Waals surface area contributed by atoms with Crippen molar-refractivity contribution >= 4 is 32.5 Å². The standard InChI is InChI=1S/C21H22ClN3O3S/c1-14-6-7-17(12-15(14)2)29(27,28)24-10-8-16(9-11-24)25-13-23-20-18(21(25)26)4-3-5-19(20)22/h3-7,12-13,16H,8-11H2,1-2H3. The van der Waals surface area contributed by atoms with E-state index in [1.165, 1.54) is 10.6 Å². The third-order valence-corrected chi connectivity index (χ3v) is 7.90. The van der Waals surface area contributed by atoms with Crippen LogP contribution in [0.1, 0.15) is 30.0 Å². The van der Waals surface area contributed by atoms with Crippen molar-refractivity contribution in [2.45, 2.75) is 37.6 Å². The van der Waals surface area contributed by atoms with E-state index in [9.17, 15) is 13.2 Å². The fourth-order valence-corrected chi connectivity index (χ4v) is 5.55. The van der Waals surface area contributed by atoms with Gasteiger partial charge in [-0.25, -0.2) is 13.4 Å². The molecule has 0 bridgehead atoms. The Kier molecular flexibility index (Phi) is 5.23. The molecule has 1 aliphatic rings. The molecule has 0 spiro atoms. The van der Waals surface area contributed by atoms with Gasteiger partial charge in [0.15, 0.2) is 0 Å². The summed E-state index contributed by atoms with van der Waals surface area (Å²) in [4.78, 5) is 17.5. The number of fused-ring (bicyclic) bond motifs is 1. The molecule has 0 amide bonds. The highest BCUT2D eigenvalue weighted by atomic mass is 35.5. The van der Waals surface area contributed by atoms with Gasteiger partial charge in [-0.1, -0.05) is 23.7 Å². The van der Waals surface area contributed by atoms with Gasteiger partial charge < -0.3 is 0 Å². The number of halogens is 1. The van der Waals surface area contributed by atoms with Gasteiger partial charge in [-0.05, 0) is 62.1 Å². The Bertz CT molecular complexity index is 1250. The summed E-state index contributed by atoms with van der Waals surface area (Å²) >= 11 is 6.13. The molecule has 0 saturated carbocycles. The van der Waals surface area contributed by atoms with Gasteiger partial charge in [0.2, 0.25) is 10.0 Å². The molecule has 6 nitrogen and oxygen atoms in total. The molecule has 3 aromatic rings. The zero-order chi connectivity index (χ0) is 20.8. The number of aryl methyl sites for hydroxylation is 2. The van der Waals surface area contributed by atoms with E-state index in [-0.39, 0.29) is 11.6 Å². The summed E-state index contributed by atoms with van der Waals surface area (Å²) in [5.74, 6) is 0. The molecule has 29 heavy (non-hydrogen) atoms. The smallest absolute Gasteiger partial charge is 0.261 e. The SMILES string of the molecule is Cc1ccc(S(=O)(=O)N2CCC(n3cnc4c(Cl)cccc4c3=O)CC2)cc1C. The highest BCUT2D eigenvalue weighted by Gasteiger charge is 2.30. The van der Waals surface area contributed by atoms with Gasteiger partial charge >= 0.3 is 0 Å². The Balaban J connectivity index is 1.57. The summed E-state index contributed by atoms with van der Waals surface area (Å²) < 4.78 is 29.1. The third-order valence-electron chi connectivity index (χ3n) is 5.70. The first-order valence-electron chi connectivity index (χ1n) is 9.52. The summed E-state index contributed by atoms with van der Waals surface area (Å²) in [5, 5.41) is 0.922. The number of piperidine rings is 1. The van der Waals surface area contributed by atoms with Crippen LogP contribution in [-0.2, 0) is 10.0 Å². The molecule has 0 radical (unpaired) electrons. The maximum absolute atomic E-state index is 13.0. The quantitative estimate of drug-likeness (QED) is 0.634. The van der Waals surface area contributed by atoms with E-state index in [4.69, 9.17) is 11.6 Å². The zero-order valence-corrected chi connectivity index (χ0v) is 17.9. The van der Waals surface area contributed by atoms with Crippen LogP contribution in [0.3, 0.4) is 0 Å². The minimum atomic E-state index is -3.54. The van der Waals surface area contributed by atoms with Crippen molar-refractivity contribution in [3.8, 4) is 0 Å². The van der Waals surface area contributed by atoms with Crippen molar-refractivity contribution in [2.24, 2.45) is 0 Å². The molecular weight excluding hydrogens is 410 g/mol. The van der Waals surface area contributed by atoms with E-state index in [2.05, 4.69) is 4.98 Å². The van der Waals surface area contributed by atoms with Gasteiger partial charge in [0, 0.05) is 19.1 Å². The summed E-state index contributed by atoms with van der Waals surface area (Å²) in [5.41, 5.74) is 2.36. The van der Waals surface area contributed by atoms with Gasteiger partial charge in [-0.3, -0.25) is 9.36 Å². The van der Waals surface area contributed by atoms with Crippen molar-refractivity contribution in [2.75, 3.05) is 13.1 Å². The predicted octanol–water partition coefficient (Wildman–Crippen LogP) is 3.69. The van der Waals surface area contributed by atoms with Crippen LogP contribution in [0.4, 0.5) is 0 Å². The number of aromatic nitrogens is 2. The molecular formula is C21H22ClN3O3S. The molecule has 152 valence electrons. The monoisotopic (exact) mass is 431 g/mol. The van der Waals surface area contributed by atoms with Crippen LogP contribution in [0.5, 0.6) is 0 Å². The van der Waals surface area contributed by atoms with Crippen molar-refractivity contribution in [1.82, 2.24) is 13.9 Å². The molecule has 0 unspecified atom stereocenters. The highest BCUT2D eigenvalue weighted by molar-refractivity contribution is 7.89. The van der Waals surface area contributed by atoms with E-state index in [1.54, 1.807) is 34.9 Å². The first-order chi connectivity index (χ1) is 13.8. The second-order valence-electron chi connectivity index (χ2n) is 7.47. The molecule has 0 aliphatic carbocycles. The predicted molar refractivity (Wildman–Crippen MR) is 114 cm³/mol. The van der Waals surface area contributed by atoms with Gasteiger partial charge in [0.25, 0.3) is 5.56 Å². The maximum Gasteiger partial charge on any atom is 0.261 e. The molecule has 0 atom stereocenters. The first-order valence-corrected chi connectivity index (χ1v) is 11.3. The summed E-state index contributed by atoms with van der Waals surface area (Å²) in [6.45, 7) is 4.59. The van der Waals surface area contributed by atoms with Gasteiger partial charge in [0.1, 0.15) is 0 Å². The lowest BCUT2D eigenvalue weighted by atomic mass is 10.1. The molecule has 0 N–H and O–H groups in total. The van der Waals surface area contributed by atoms with E-state index < -0.39 is 10.0 Å². The number of hydrogen-bond donors (Lipinski definition) is 0. The number of sulfonamides is 1. The van der Waals surface area contributed by atoms with Crippen LogP contribution >= 0.6 is 11.6 Å². The number of benzene rings is 2.